The van der Waals surface area contributed by atoms with E-state index in [1.807, 2.05) is 60.7 Å². The van der Waals surface area contributed by atoms with E-state index >= 15 is 0 Å². The highest BCUT2D eigenvalue weighted by Crippen LogP contribution is 2.51. The SMILES string of the molecule is CCCC(CCC=O)P(=O)(c1ccccc1)c1ccccc1. The Balaban J connectivity index is 2.53. The summed E-state index contributed by atoms with van der Waals surface area (Å²) in [5.41, 5.74) is 0.0208. The number of hydrogen-bond donors (Lipinski definition) is 0. The van der Waals surface area contributed by atoms with Gasteiger partial charge in [-0.2, -0.15) is 0 Å². The maximum Gasteiger partial charge on any atom is 0.146 e. The van der Waals surface area contributed by atoms with Gasteiger partial charge in [-0.1, -0.05) is 74.0 Å². The third kappa shape index (κ3) is 3.56. The zero-order valence-electron chi connectivity index (χ0n) is 13.0. The number of benzene rings is 2. The fourth-order valence-corrected chi connectivity index (χ4v) is 6.48. The van der Waals surface area contributed by atoms with Crippen molar-refractivity contribution in [2.24, 2.45) is 0 Å². The maximum atomic E-state index is 14.1. The largest absolute Gasteiger partial charge is 0.313 e. The van der Waals surface area contributed by atoms with Crippen LogP contribution < -0.4 is 10.6 Å². The van der Waals surface area contributed by atoms with E-state index in [1.165, 1.54) is 0 Å². The number of aldehydes is 1. The molecule has 2 rings (SSSR count). The van der Waals surface area contributed by atoms with E-state index < -0.39 is 7.14 Å². The summed E-state index contributed by atoms with van der Waals surface area (Å²) in [6.07, 6.45) is 3.91. The van der Waals surface area contributed by atoms with E-state index in [0.717, 1.165) is 29.7 Å². The summed E-state index contributed by atoms with van der Waals surface area (Å²) in [6, 6.07) is 19.5. The van der Waals surface area contributed by atoms with Crippen molar-refractivity contribution >= 4 is 24.0 Å². The molecule has 0 aromatic heterocycles. The van der Waals surface area contributed by atoms with Crippen LogP contribution in [-0.2, 0) is 9.36 Å². The highest BCUT2D eigenvalue weighted by Gasteiger charge is 2.35. The molecule has 0 fully saturated rings. The van der Waals surface area contributed by atoms with Gasteiger partial charge in [-0.05, 0) is 12.8 Å². The lowest BCUT2D eigenvalue weighted by atomic mass is 10.1. The number of carbonyl (C=O) groups excluding carboxylic acids is 1. The Kier molecular flexibility index (Phi) is 6.15. The first kappa shape index (κ1) is 16.7. The molecule has 22 heavy (non-hydrogen) atoms. The molecule has 2 nitrogen and oxygen atoms in total. The van der Waals surface area contributed by atoms with Gasteiger partial charge in [-0.3, -0.25) is 0 Å². The first-order valence-corrected chi connectivity index (χ1v) is 9.65. The molecule has 0 N–H and O–H groups in total. The maximum absolute atomic E-state index is 14.1. The zero-order valence-corrected chi connectivity index (χ0v) is 13.9. The second kappa shape index (κ2) is 8.10. The molecule has 0 saturated carbocycles. The molecule has 0 aliphatic heterocycles. The van der Waals surface area contributed by atoms with Gasteiger partial charge in [-0.25, -0.2) is 0 Å². The van der Waals surface area contributed by atoms with Gasteiger partial charge in [0, 0.05) is 22.7 Å². The number of rotatable bonds is 8. The molecule has 0 aliphatic rings. The molecule has 2 aromatic rings. The lowest BCUT2D eigenvalue weighted by molar-refractivity contribution is -0.107. The fourth-order valence-electron chi connectivity index (χ4n) is 2.97. The Morgan fingerprint density at radius 1 is 0.909 bits per heavy atom. The predicted octanol–water partition coefficient (Wildman–Crippen LogP) is 4.15. The Morgan fingerprint density at radius 3 is 1.82 bits per heavy atom. The molecule has 0 heterocycles. The second-order valence-corrected chi connectivity index (χ2v) is 8.59. The van der Waals surface area contributed by atoms with Gasteiger partial charge in [0.25, 0.3) is 0 Å². The van der Waals surface area contributed by atoms with E-state index in [2.05, 4.69) is 6.92 Å². The van der Waals surface area contributed by atoms with Crippen molar-refractivity contribution in [3.05, 3.63) is 60.7 Å². The Morgan fingerprint density at radius 2 is 1.41 bits per heavy atom. The molecule has 0 saturated heterocycles. The molecule has 0 aliphatic carbocycles. The normalized spacial score (nSPS) is 12.8. The summed E-state index contributed by atoms with van der Waals surface area (Å²) in [7, 11) is -2.74. The third-order valence-corrected chi connectivity index (χ3v) is 7.71. The molecule has 2 aromatic carbocycles. The van der Waals surface area contributed by atoms with Gasteiger partial charge in [0.2, 0.25) is 0 Å². The van der Waals surface area contributed by atoms with Gasteiger partial charge in [0.1, 0.15) is 13.4 Å². The molecule has 0 bridgehead atoms. The molecular weight excluding hydrogens is 291 g/mol. The quantitative estimate of drug-likeness (QED) is 0.542. The van der Waals surface area contributed by atoms with Crippen LogP contribution >= 0.6 is 7.14 Å². The number of hydrogen-bond acceptors (Lipinski definition) is 2. The van der Waals surface area contributed by atoms with Crippen LogP contribution in [0.4, 0.5) is 0 Å². The third-order valence-electron chi connectivity index (χ3n) is 4.03. The van der Waals surface area contributed by atoms with Crippen LogP contribution in [-0.4, -0.2) is 11.9 Å². The van der Waals surface area contributed by atoms with Crippen molar-refractivity contribution in [2.45, 2.75) is 38.3 Å². The van der Waals surface area contributed by atoms with Crippen molar-refractivity contribution in [1.82, 2.24) is 0 Å². The van der Waals surface area contributed by atoms with Gasteiger partial charge in [0.05, 0.1) is 0 Å². The van der Waals surface area contributed by atoms with Crippen molar-refractivity contribution in [3.63, 3.8) is 0 Å². The summed E-state index contributed by atoms with van der Waals surface area (Å²) >= 11 is 0. The summed E-state index contributed by atoms with van der Waals surface area (Å²) in [5, 5.41) is 1.79. The molecule has 1 atom stereocenters. The monoisotopic (exact) mass is 314 g/mol. The van der Waals surface area contributed by atoms with Crippen LogP contribution in [0.3, 0.4) is 0 Å². The average Bonchev–Trinajstić information content (AvgIpc) is 2.59. The second-order valence-electron chi connectivity index (χ2n) is 5.52. The highest BCUT2D eigenvalue weighted by molar-refractivity contribution is 7.79. The molecule has 116 valence electrons. The highest BCUT2D eigenvalue weighted by atomic mass is 31.2. The van der Waals surface area contributed by atoms with Crippen LogP contribution in [0, 0.1) is 0 Å². The van der Waals surface area contributed by atoms with Crippen LogP contribution in [0.25, 0.3) is 0 Å². The Hall–Kier alpha value is -1.66. The van der Waals surface area contributed by atoms with Crippen molar-refractivity contribution in [1.29, 1.82) is 0 Å². The lowest BCUT2D eigenvalue weighted by Gasteiger charge is -2.28. The van der Waals surface area contributed by atoms with E-state index in [9.17, 15) is 9.36 Å². The van der Waals surface area contributed by atoms with Crippen LogP contribution in [0.1, 0.15) is 32.6 Å². The average molecular weight is 314 g/mol. The number of carbonyl (C=O) groups is 1. The first-order chi connectivity index (χ1) is 10.7. The molecule has 3 heteroatoms. The topological polar surface area (TPSA) is 34.1 Å². The summed E-state index contributed by atoms with van der Waals surface area (Å²) < 4.78 is 14.1. The molecular formula is C19H23O2P. The van der Waals surface area contributed by atoms with Gasteiger partial charge in [-0.15, -0.1) is 0 Å². The summed E-state index contributed by atoms with van der Waals surface area (Å²) in [6.45, 7) is 2.11. The van der Waals surface area contributed by atoms with Gasteiger partial charge < -0.3 is 9.36 Å². The Bertz CT molecular complexity index is 579. The van der Waals surface area contributed by atoms with Gasteiger partial charge in [0.15, 0.2) is 0 Å². The molecule has 1 unspecified atom stereocenters. The minimum absolute atomic E-state index is 0.0208. The molecule has 0 amide bonds. The lowest BCUT2D eigenvalue weighted by Crippen LogP contribution is -2.26. The van der Waals surface area contributed by atoms with E-state index in [0.29, 0.717) is 12.8 Å². The van der Waals surface area contributed by atoms with Gasteiger partial charge >= 0.3 is 0 Å². The van der Waals surface area contributed by atoms with Crippen molar-refractivity contribution in [2.75, 3.05) is 0 Å². The fraction of sp³-hybridized carbons (Fsp3) is 0.316. The van der Waals surface area contributed by atoms with Crippen molar-refractivity contribution < 1.29 is 9.36 Å². The molecule has 0 spiro atoms. The van der Waals surface area contributed by atoms with Crippen molar-refractivity contribution in [3.8, 4) is 0 Å². The zero-order chi connectivity index (χ0) is 15.8. The minimum Gasteiger partial charge on any atom is -0.313 e. The van der Waals surface area contributed by atoms with Crippen LogP contribution in [0.5, 0.6) is 0 Å². The van der Waals surface area contributed by atoms with E-state index in [1.54, 1.807) is 0 Å². The van der Waals surface area contributed by atoms with E-state index in [4.69, 9.17) is 0 Å². The predicted molar refractivity (Wildman–Crippen MR) is 93.8 cm³/mol. The Labute approximate surface area is 132 Å². The smallest absolute Gasteiger partial charge is 0.146 e. The van der Waals surface area contributed by atoms with Crippen LogP contribution in [0.2, 0.25) is 0 Å². The minimum atomic E-state index is -2.74. The first-order valence-electron chi connectivity index (χ1n) is 7.88. The summed E-state index contributed by atoms with van der Waals surface area (Å²) in [4.78, 5) is 10.8. The van der Waals surface area contributed by atoms with Crippen LogP contribution in [0.15, 0.2) is 60.7 Å². The summed E-state index contributed by atoms with van der Waals surface area (Å²) in [5.74, 6) is 0. The van der Waals surface area contributed by atoms with E-state index in [-0.39, 0.29) is 5.66 Å². The standard InChI is InChI=1S/C19H23O2P/c1-2-10-17(15-9-16-20)22(21,18-11-5-3-6-12-18)19-13-7-4-8-14-19/h3-8,11-14,16-17H,2,9-10,15H2,1H3. The molecule has 0 radical (unpaired) electrons.